The lowest BCUT2D eigenvalue weighted by atomic mass is 9.74. The van der Waals surface area contributed by atoms with Crippen molar-refractivity contribution in [2.45, 2.75) is 65.2 Å². The predicted molar refractivity (Wildman–Crippen MR) is 154 cm³/mol. The van der Waals surface area contributed by atoms with Crippen LogP contribution in [-0.2, 0) is 23.7 Å². The molecule has 2 aliphatic carbocycles. The number of hydrogen-bond acceptors (Lipinski definition) is 0. The highest BCUT2D eigenvalue weighted by Crippen LogP contribution is 2.46. The smallest absolute Gasteiger partial charge is 0.330 e. The molecule has 0 heterocycles. The molecule has 0 N–H and O–H groups in total. The van der Waals surface area contributed by atoms with Crippen LogP contribution >= 0.6 is 0 Å². The van der Waals surface area contributed by atoms with Gasteiger partial charge in [-0.1, -0.05) is 114 Å². The maximum atomic E-state index is 10.9. The van der Waals surface area contributed by atoms with E-state index in [4.69, 9.17) is 0 Å². The Morgan fingerprint density at radius 2 is 0.973 bits per heavy atom. The van der Waals surface area contributed by atoms with Crippen molar-refractivity contribution in [1.82, 2.24) is 0 Å². The molecule has 0 amide bonds. The van der Waals surface area contributed by atoms with Crippen molar-refractivity contribution >= 4 is 5.71 Å². The Morgan fingerprint density at radius 1 is 0.568 bits per heavy atom. The topological polar surface area (TPSA) is 36.4 Å². The first-order valence-corrected chi connectivity index (χ1v) is 13.3. The van der Waals surface area contributed by atoms with Crippen LogP contribution in [0.4, 0.5) is 0 Å². The standard InChI is InChI=1S/C35H34N2/c1-34(2,3)29-17-15-25-23-13-9-7-11-21(23)19-27(25)31(29)33(37-36)32-28-20-22-12-8-10-14-24(22)26(28)16-18-30(32)35(4,5)6/h7-18H,19-20H2,1-6H3. The lowest BCUT2D eigenvalue weighted by molar-refractivity contribution is -0.00314. The third-order valence-electron chi connectivity index (χ3n) is 8.16. The summed E-state index contributed by atoms with van der Waals surface area (Å²) in [6, 6.07) is 26.4. The summed E-state index contributed by atoms with van der Waals surface area (Å²) in [5, 5.41) is 0. The van der Waals surface area contributed by atoms with Gasteiger partial charge < -0.3 is 5.53 Å². The maximum absolute atomic E-state index is 10.9. The van der Waals surface area contributed by atoms with E-state index in [1.165, 1.54) is 55.6 Å². The lowest BCUT2D eigenvalue weighted by Crippen LogP contribution is -2.25. The van der Waals surface area contributed by atoms with Gasteiger partial charge in [0.1, 0.15) is 0 Å². The van der Waals surface area contributed by atoms with Crippen LogP contribution in [0, 0.1) is 0 Å². The van der Waals surface area contributed by atoms with E-state index in [1.807, 2.05) is 0 Å². The predicted octanol–water partition coefficient (Wildman–Crippen LogP) is 8.49. The summed E-state index contributed by atoms with van der Waals surface area (Å²) in [4.78, 5) is 4.17. The molecule has 184 valence electrons. The van der Waals surface area contributed by atoms with E-state index < -0.39 is 0 Å². The molecule has 2 nitrogen and oxygen atoms in total. The highest BCUT2D eigenvalue weighted by Gasteiger charge is 2.38. The van der Waals surface area contributed by atoms with Crippen LogP contribution in [0.2, 0.25) is 0 Å². The second-order valence-corrected chi connectivity index (χ2v) is 12.6. The Kier molecular flexibility index (Phi) is 5.20. The van der Waals surface area contributed by atoms with Gasteiger partial charge in [0.05, 0.1) is 11.1 Å². The van der Waals surface area contributed by atoms with Crippen molar-refractivity contribution in [1.29, 1.82) is 0 Å². The molecule has 0 saturated heterocycles. The summed E-state index contributed by atoms with van der Waals surface area (Å²) in [5.41, 5.74) is 26.3. The van der Waals surface area contributed by atoms with Gasteiger partial charge in [0.2, 0.25) is 0 Å². The number of fused-ring (bicyclic) bond motifs is 6. The summed E-state index contributed by atoms with van der Waals surface area (Å²) in [5.74, 6) is 0. The fourth-order valence-corrected chi connectivity index (χ4v) is 6.44. The lowest BCUT2D eigenvalue weighted by Gasteiger charge is -2.27. The Bertz CT molecular complexity index is 1520. The molecule has 2 heteroatoms. The first-order chi connectivity index (χ1) is 17.6. The van der Waals surface area contributed by atoms with Crippen LogP contribution < -0.4 is 0 Å². The Labute approximate surface area is 220 Å². The maximum Gasteiger partial charge on any atom is 0.330 e. The zero-order valence-corrected chi connectivity index (χ0v) is 22.7. The van der Waals surface area contributed by atoms with Gasteiger partial charge in [0.25, 0.3) is 0 Å². The van der Waals surface area contributed by atoms with Crippen molar-refractivity contribution in [3.63, 3.8) is 0 Å². The van der Waals surface area contributed by atoms with E-state index in [2.05, 4.69) is 119 Å². The second kappa shape index (κ2) is 8.13. The number of hydrogen-bond donors (Lipinski definition) is 0. The van der Waals surface area contributed by atoms with E-state index in [9.17, 15) is 5.53 Å². The van der Waals surface area contributed by atoms with Crippen molar-refractivity contribution in [3.8, 4) is 22.3 Å². The average molecular weight is 483 g/mol. The summed E-state index contributed by atoms with van der Waals surface area (Å²) in [7, 11) is 0. The van der Waals surface area contributed by atoms with Crippen LogP contribution in [0.5, 0.6) is 0 Å². The van der Waals surface area contributed by atoms with Gasteiger partial charge in [0.15, 0.2) is 0 Å². The summed E-state index contributed by atoms with van der Waals surface area (Å²) < 4.78 is 0. The molecule has 0 aromatic heterocycles. The Balaban J connectivity index is 1.69. The van der Waals surface area contributed by atoms with Crippen molar-refractivity contribution in [2.24, 2.45) is 0 Å². The van der Waals surface area contributed by atoms with E-state index >= 15 is 0 Å². The molecule has 0 aliphatic heterocycles. The highest BCUT2D eigenvalue weighted by atomic mass is 14.9. The molecule has 37 heavy (non-hydrogen) atoms. The molecule has 6 rings (SSSR count). The first-order valence-electron chi connectivity index (χ1n) is 13.3. The highest BCUT2D eigenvalue weighted by molar-refractivity contribution is 6.15. The van der Waals surface area contributed by atoms with Gasteiger partial charge in [-0.05, 0) is 79.3 Å². The molecule has 0 radical (unpaired) electrons. The van der Waals surface area contributed by atoms with Gasteiger partial charge in [-0.2, -0.15) is 4.79 Å². The first kappa shape index (κ1) is 23.6. The molecule has 0 atom stereocenters. The van der Waals surface area contributed by atoms with Gasteiger partial charge in [-0.25, -0.2) is 0 Å². The SMILES string of the molecule is CC(C)(C)c1ccc2c(c1C(=[N+]=[N-])c1c(C(C)(C)C)ccc3c1Cc1ccccc1-3)Cc1ccccc1-2. The second-order valence-electron chi connectivity index (χ2n) is 12.6. The van der Waals surface area contributed by atoms with Crippen molar-refractivity contribution < 1.29 is 4.79 Å². The molecular formula is C35H34N2. The van der Waals surface area contributed by atoms with Crippen LogP contribution in [0.3, 0.4) is 0 Å². The molecule has 0 bridgehead atoms. The molecule has 4 aromatic carbocycles. The van der Waals surface area contributed by atoms with E-state index in [-0.39, 0.29) is 10.8 Å². The molecular weight excluding hydrogens is 448 g/mol. The summed E-state index contributed by atoms with van der Waals surface area (Å²) in [6.07, 6.45) is 1.70. The third-order valence-corrected chi connectivity index (χ3v) is 8.16. The largest absolute Gasteiger partial charge is 0.361 e. The molecule has 0 unspecified atom stereocenters. The minimum absolute atomic E-state index is 0.113. The van der Waals surface area contributed by atoms with Gasteiger partial charge >= 0.3 is 5.71 Å². The zero-order chi connectivity index (χ0) is 26.1. The van der Waals surface area contributed by atoms with Crippen LogP contribution in [0.25, 0.3) is 27.8 Å². The third kappa shape index (κ3) is 3.63. The summed E-state index contributed by atoms with van der Waals surface area (Å²) in [6.45, 7) is 13.5. The monoisotopic (exact) mass is 482 g/mol. The zero-order valence-electron chi connectivity index (χ0n) is 22.7. The van der Waals surface area contributed by atoms with Crippen molar-refractivity contribution in [3.05, 3.63) is 123 Å². The summed E-state index contributed by atoms with van der Waals surface area (Å²) >= 11 is 0. The van der Waals surface area contributed by atoms with Gasteiger partial charge in [0, 0.05) is 0 Å². The van der Waals surface area contributed by atoms with Crippen LogP contribution in [0.1, 0.15) is 86.1 Å². The Hall–Kier alpha value is -3.74. The number of rotatable bonds is 2. The molecule has 0 spiro atoms. The Morgan fingerprint density at radius 3 is 1.35 bits per heavy atom. The molecule has 0 fully saturated rings. The minimum Gasteiger partial charge on any atom is -0.361 e. The van der Waals surface area contributed by atoms with Crippen LogP contribution in [0.15, 0.2) is 72.8 Å². The number of benzene rings is 4. The number of nitrogens with zero attached hydrogens (tertiary/aromatic N) is 2. The molecule has 4 aromatic rings. The quantitative estimate of drug-likeness (QED) is 0.135. The normalized spacial score (nSPS) is 13.5. The molecule has 0 saturated carbocycles. The van der Waals surface area contributed by atoms with Crippen molar-refractivity contribution in [2.75, 3.05) is 0 Å². The van der Waals surface area contributed by atoms with Gasteiger partial charge in [-0.3, -0.25) is 0 Å². The molecule has 2 aliphatic rings. The van der Waals surface area contributed by atoms with E-state index in [0.717, 1.165) is 24.0 Å². The van der Waals surface area contributed by atoms with E-state index in [0.29, 0.717) is 5.71 Å². The van der Waals surface area contributed by atoms with E-state index in [1.54, 1.807) is 0 Å². The average Bonchev–Trinajstić information content (AvgIpc) is 3.42. The van der Waals surface area contributed by atoms with Crippen LogP contribution in [-0.4, -0.2) is 10.5 Å². The fourth-order valence-electron chi connectivity index (χ4n) is 6.44. The fraction of sp³-hybridized carbons (Fsp3) is 0.286. The van der Waals surface area contributed by atoms with Gasteiger partial charge in [-0.15, -0.1) is 0 Å². The minimum atomic E-state index is -0.113.